The van der Waals surface area contributed by atoms with Crippen LogP contribution in [0.2, 0.25) is 0 Å². The maximum absolute atomic E-state index is 12.8. The zero-order chi connectivity index (χ0) is 20.1. The number of amides is 2. The molecule has 3 rings (SSSR count). The molecule has 8 heteroatoms. The summed E-state index contributed by atoms with van der Waals surface area (Å²) in [6.45, 7) is 0.609. The van der Waals surface area contributed by atoms with Crippen molar-refractivity contribution in [1.82, 2.24) is 10.6 Å². The first kappa shape index (κ1) is 19.7. The Morgan fingerprint density at radius 1 is 0.964 bits per heavy atom. The standard InChI is InChI=1S/C20H19F3N2O3/c21-20(22,23)15-4-2-6-17(12-15)28-16-5-1-3-14(11-16)19(27)25-10-9-24-18(26)13-7-8-13/h1-6,11-13H,7-10H2,(H,24,26)(H,25,27). The number of hydrogen-bond acceptors (Lipinski definition) is 3. The lowest BCUT2D eigenvalue weighted by atomic mass is 10.2. The van der Waals surface area contributed by atoms with Crippen molar-refractivity contribution in [3.8, 4) is 11.5 Å². The third kappa shape index (κ3) is 5.48. The minimum Gasteiger partial charge on any atom is -0.457 e. The highest BCUT2D eigenvalue weighted by atomic mass is 19.4. The summed E-state index contributed by atoms with van der Waals surface area (Å²) >= 11 is 0. The number of alkyl halides is 3. The van der Waals surface area contributed by atoms with Crippen molar-refractivity contribution >= 4 is 11.8 Å². The molecule has 2 aromatic carbocycles. The van der Waals surface area contributed by atoms with E-state index < -0.39 is 11.7 Å². The molecule has 0 unspecified atom stereocenters. The molecule has 0 saturated heterocycles. The van der Waals surface area contributed by atoms with E-state index in [1.165, 1.54) is 18.2 Å². The number of rotatable bonds is 7. The van der Waals surface area contributed by atoms with Gasteiger partial charge < -0.3 is 15.4 Å². The fourth-order valence-electron chi connectivity index (χ4n) is 2.53. The summed E-state index contributed by atoms with van der Waals surface area (Å²) in [5.74, 6) is 0.0189. The summed E-state index contributed by atoms with van der Waals surface area (Å²) in [7, 11) is 0. The van der Waals surface area contributed by atoms with Gasteiger partial charge in [0.2, 0.25) is 5.91 Å². The molecule has 2 amide bonds. The van der Waals surface area contributed by atoms with E-state index in [-0.39, 0.29) is 35.8 Å². The maximum Gasteiger partial charge on any atom is 0.416 e. The first-order valence-corrected chi connectivity index (χ1v) is 8.84. The van der Waals surface area contributed by atoms with Crippen molar-refractivity contribution in [1.29, 1.82) is 0 Å². The number of nitrogens with one attached hydrogen (secondary N) is 2. The van der Waals surface area contributed by atoms with Gasteiger partial charge in [0, 0.05) is 24.6 Å². The fraction of sp³-hybridized carbons (Fsp3) is 0.300. The average Bonchev–Trinajstić information content (AvgIpc) is 3.50. The number of ether oxygens (including phenoxy) is 1. The lowest BCUT2D eigenvalue weighted by molar-refractivity contribution is -0.137. The van der Waals surface area contributed by atoms with Crippen LogP contribution in [0.4, 0.5) is 13.2 Å². The molecule has 0 aromatic heterocycles. The number of carbonyl (C=O) groups excluding carboxylic acids is 2. The Morgan fingerprint density at radius 2 is 1.61 bits per heavy atom. The van der Waals surface area contributed by atoms with Crippen molar-refractivity contribution in [3.63, 3.8) is 0 Å². The van der Waals surface area contributed by atoms with Gasteiger partial charge in [0.25, 0.3) is 5.91 Å². The number of halogens is 3. The Bertz CT molecular complexity index is 864. The topological polar surface area (TPSA) is 67.4 Å². The third-order valence-electron chi connectivity index (χ3n) is 4.15. The highest BCUT2D eigenvalue weighted by Crippen LogP contribution is 2.32. The Labute approximate surface area is 159 Å². The lowest BCUT2D eigenvalue weighted by Gasteiger charge is -2.11. The number of carbonyl (C=O) groups is 2. The molecule has 1 aliphatic rings. The molecule has 0 spiro atoms. The summed E-state index contributed by atoms with van der Waals surface area (Å²) in [5.41, 5.74) is -0.509. The predicted octanol–water partition coefficient (Wildman–Crippen LogP) is 3.75. The van der Waals surface area contributed by atoms with Crippen LogP contribution < -0.4 is 15.4 Å². The molecule has 0 bridgehead atoms. The van der Waals surface area contributed by atoms with Crippen LogP contribution in [-0.4, -0.2) is 24.9 Å². The lowest BCUT2D eigenvalue weighted by Crippen LogP contribution is -2.35. The van der Waals surface area contributed by atoms with Gasteiger partial charge in [-0.3, -0.25) is 9.59 Å². The van der Waals surface area contributed by atoms with E-state index in [0.29, 0.717) is 12.1 Å². The molecule has 1 saturated carbocycles. The molecule has 0 radical (unpaired) electrons. The van der Waals surface area contributed by atoms with Gasteiger partial charge in [-0.25, -0.2) is 0 Å². The molecule has 1 aliphatic carbocycles. The van der Waals surface area contributed by atoms with Crippen LogP contribution in [0.1, 0.15) is 28.8 Å². The first-order valence-electron chi connectivity index (χ1n) is 8.84. The van der Waals surface area contributed by atoms with Crippen LogP contribution >= 0.6 is 0 Å². The third-order valence-corrected chi connectivity index (χ3v) is 4.15. The fourth-order valence-corrected chi connectivity index (χ4v) is 2.53. The van der Waals surface area contributed by atoms with E-state index in [1.54, 1.807) is 18.2 Å². The highest BCUT2D eigenvalue weighted by molar-refractivity contribution is 5.94. The monoisotopic (exact) mass is 392 g/mol. The van der Waals surface area contributed by atoms with E-state index in [2.05, 4.69) is 10.6 Å². The van der Waals surface area contributed by atoms with Crippen LogP contribution in [0.25, 0.3) is 0 Å². The zero-order valence-corrected chi connectivity index (χ0v) is 14.9. The van der Waals surface area contributed by atoms with Crippen molar-refractivity contribution < 1.29 is 27.5 Å². The predicted molar refractivity (Wildman–Crippen MR) is 96.0 cm³/mol. The van der Waals surface area contributed by atoms with Gasteiger partial charge in [0.05, 0.1) is 5.56 Å². The first-order chi connectivity index (χ1) is 13.3. The van der Waals surface area contributed by atoms with Crippen LogP contribution in [-0.2, 0) is 11.0 Å². The van der Waals surface area contributed by atoms with E-state index in [9.17, 15) is 22.8 Å². The largest absolute Gasteiger partial charge is 0.457 e. The normalized spacial score (nSPS) is 13.7. The summed E-state index contributed by atoms with van der Waals surface area (Å²) < 4.78 is 43.8. The van der Waals surface area contributed by atoms with Crippen LogP contribution in [0.5, 0.6) is 11.5 Å². The van der Waals surface area contributed by atoms with Crippen LogP contribution in [0, 0.1) is 5.92 Å². The summed E-state index contributed by atoms with van der Waals surface area (Å²) in [6.07, 6.45) is -2.64. The number of hydrogen-bond donors (Lipinski definition) is 2. The molecule has 0 aliphatic heterocycles. The second-order valence-corrected chi connectivity index (χ2v) is 6.48. The minimum atomic E-state index is -4.46. The van der Waals surface area contributed by atoms with Gasteiger partial charge in [0.15, 0.2) is 0 Å². The van der Waals surface area contributed by atoms with Crippen molar-refractivity contribution in [2.24, 2.45) is 5.92 Å². The van der Waals surface area contributed by atoms with E-state index >= 15 is 0 Å². The molecule has 5 nitrogen and oxygen atoms in total. The second kappa shape index (κ2) is 8.33. The molecule has 1 fully saturated rings. The van der Waals surface area contributed by atoms with Gasteiger partial charge >= 0.3 is 6.18 Å². The average molecular weight is 392 g/mol. The maximum atomic E-state index is 12.8. The zero-order valence-electron chi connectivity index (χ0n) is 14.9. The Kier molecular flexibility index (Phi) is 5.87. The van der Waals surface area contributed by atoms with Gasteiger partial charge in [-0.1, -0.05) is 12.1 Å². The smallest absolute Gasteiger partial charge is 0.416 e. The quantitative estimate of drug-likeness (QED) is 0.706. The van der Waals surface area contributed by atoms with Crippen LogP contribution in [0.15, 0.2) is 48.5 Å². The Hall–Kier alpha value is -3.03. The molecule has 2 aromatic rings. The Morgan fingerprint density at radius 3 is 2.29 bits per heavy atom. The van der Waals surface area contributed by atoms with Gasteiger partial charge in [0.1, 0.15) is 11.5 Å². The molecular formula is C20H19F3N2O3. The SMILES string of the molecule is O=C(NCCNC(=O)C1CC1)c1cccc(Oc2cccc(C(F)(F)F)c2)c1. The second-order valence-electron chi connectivity index (χ2n) is 6.48. The summed E-state index contributed by atoms with van der Waals surface area (Å²) in [6, 6.07) is 10.7. The van der Waals surface area contributed by atoms with Crippen molar-refractivity contribution in [3.05, 3.63) is 59.7 Å². The molecular weight excluding hydrogens is 373 g/mol. The highest BCUT2D eigenvalue weighted by Gasteiger charge is 2.30. The van der Waals surface area contributed by atoms with Gasteiger partial charge in [-0.15, -0.1) is 0 Å². The van der Waals surface area contributed by atoms with E-state index in [1.807, 2.05) is 0 Å². The van der Waals surface area contributed by atoms with Crippen molar-refractivity contribution in [2.75, 3.05) is 13.1 Å². The minimum absolute atomic E-state index is 0.00531. The summed E-state index contributed by atoms with van der Waals surface area (Å²) in [5, 5.41) is 5.42. The molecule has 28 heavy (non-hydrogen) atoms. The van der Waals surface area contributed by atoms with Gasteiger partial charge in [-0.2, -0.15) is 13.2 Å². The van der Waals surface area contributed by atoms with Gasteiger partial charge in [-0.05, 0) is 49.2 Å². The van der Waals surface area contributed by atoms with E-state index in [0.717, 1.165) is 25.0 Å². The molecule has 2 N–H and O–H groups in total. The molecule has 0 heterocycles. The van der Waals surface area contributed by atoms with Crippen LogP contribution in [0.3, 0.4) is 0 Å². The molecule has 0 atom stereocenters. The Balaban J connectivity index is 1.56. The van der Waals surface area contributed by atoms with Crippen molar-refractivity contribution in [2.45, 2.75) is 19.0 Å². The summed E-state index contributed by atoms with van der Waals surface area (Å²) in [4.78, 5) is 23.7. The number of benzene rings is 2. The van der Waals surface area contributed by atoms with E-state index in [4.69, 9.17) is 4.74 Å². The molecule has 148 valence electrons.